The van der Waals surface area contributed by atoms with E-state index in [2.05, 4.69) is 58.5 Å². The van der Waals surface area contributed by atoms with E-state index in [-0.39, 0.29) is 94.7 Å². The van der Waals surface area contributed by atoms with Crippen molar-refractivity contribution in [1.29, 1.82) is 0 Å². The zero-order chi connectivity index (χ0) is 76.2. The van der Waals surface area contributed by atoms with E-state index in [9.17, 15) is 62.6 Å². The van der Waals surface area contributed by atoms with E-state index in [0.29, 0.717) is 96.6 Å². The fraction of sp³-hybridized carbons (Fsp3) is 0.826. The van der Waals surface area contributed by atoms with Crippen LogP contribution in [0.25, 0.3) is 0 Å². The number of primary amides is 1. The molecule has 0 aliphatic rings. The average Bonchev–Trinajstić information content (AvgIpc) is 0.859. The normalized spacial score (nSPS) is 16.0. The Balaban J connectivity index is 7.04. The summed E-state index contributed by atoms with van der Waals surface area (Å²) in [5.74, 6) is -10.5. The van der Waals surface area contributed by atoms with Gasteiger partial charge in [0.05, 0.1) is 12.6 Å². The van der Waals surface area contributed by atoms with Gasteiger partial charge >= 0.3 is 0 Å². The monoisotopic (exact) mass is 1420 g/mol. The molecule has 0 aromatic carbocycles. The molecule has 0 heterocycles. The summed E-state index contributed by atoms with van der Waals surface area (Å²) in [5.41, 5.74) is 40.9. The van der Waals surface area contributed by atoms with Crippen molar-refractivity contribution in [3.05, 3.63) is 0 Å². The van der Waals surface area contributed by atoms with Gasteiger partial charge in [0.1, 0.15) is 66.5 Å². The molecular formula is C69H134N18O13. The highest BCUT2D eigenvalue weighted by molar-refractivity contribution is 5.99. The summed E-state index contributed by atoms with van der Waals surface area (Å²) in [6.07, 6.45) is 6.71. The van der Waals surface area contributed by atoms with Gasteiger partial charge in [-0.2, -0.15) is 0 Å². The van der Waals surface area contributed by atoms with Gasteiger partial charge in [-0.1, -0.05) is 102 Å². The van der Waals surface area contributed by atoms with E-state index < -0.39 is 162 Å². The lowest BCUT2D eigenvalue weighted by molar-refractivity contribution is -0.137. The first-order valence-electron chi connectivity index (χ1n) is 36.8. The number of rotatable bonds is 56. The molecule has 100 heavy (non-hydrogen) atoms. The fourth-order valence-electron chi connectivity index (χ4n) is 11.0. The summed E-state index contributed by atoms with van der Waals surface area (Å²) in [7, 11) is 0. The van der Waals surface area contributed by atoms with Gasteiger partial charge in [0.25, 0.3) is 0 Å². The number of hydrogen-bond acceptors (Lipinski definition) is 19. The lowest BCUT2D eigenvalue weighted by Crippen LogP contribution is -2.62. The molecule has 0 fully saturated rings. The van der Waals surface area contributed by atoms with Crippen molar-refractivity contribution >= 4 is 70.9 Å². The van der Waals surface area contributed by atoms with E-state index in [4.69, 9.17) is 40.1 Å². The molecule has 12 amide bonds. The number of amides is 12. The molecule has 26 N–H and O–H groups in total. The molecule has 0 aliphatic heterocycles. The Kier molecular flexibility index (Phi) is 48.9. The van der Waals surface area contributed by atoms with Gasteiger partial charge in [-0.25, -0.2) is 0 Å². The van der Waals surface area contributed by atoms with Crippen LogP contribution in [0.2, 0.25) is 0 Å². The lowest BCUT2D eigenvalue weighted by atomic mass is 9.96. The number of carbonyl (C=O) groups is 12. The van der Waals surface area contributed by atoms with Gasteiger partial charge in [-0.3, -0.25) is 57.5 Å². The third kappa shape index (κ3) is 36.8. The van der Waals surface area contributed by atoms with Gasteiger partial charge in [0, 0.05) is 0 Å². The van der Waals surface area contributed by atoms with Crippen molar-refractivity contribution in [2.45, 2.75) is 290 Å². The maximum Gasteiger partial charge on any atom is 0.245 e. The number of unbranched alkanes of at least 4 members (excludes halogenated alkanes) is 5. The average molecular weight is 1420 g/mol. The Hall–Kier alpha value is -6.64. The SMILES string of the molecule is CC[C@H](C)[C@H](N)C(=O)N[C@@H](CCCCN)C(=O)N[C@@H](CCCCN)C(=O)N[C@H](C(=O)N[C@@H](CC(C)C)C(=O)N[C@@H](CO)C(=O)N[C@@H](CCCCN)C(=O)N[C@H](C(=O)N[C@@H](CCCCN)C(=O)N[C@@H](CCCCN)C(=O)N[C@@H](CC(C)C)C(=O)N[C@@H](CC(C)C)C(N)=O)[C@@H](C)CC)[C@@H](C)CC. The predicted molar refractivity (Wildman–Crippen MR) is 387 cm³/mol. The minimum Gasteiger partial charge on any atom is -0.394 e. The number of aliphatic hydroxyl groups is 1. The highest BCUT2D eigenvalue weighted by Crippen LogP contribution is 2.17. The molecule has 0 aromatic rings. The Morgan fingerprint density at radius 1 is 0.290 bits per heavy atom. The molecule has 0 aliphatic carbocycles. The molecule has 0 spiro atoms. The minimum atomic E-state index is -1.69. The lowest BCUT2D eigenvalue weighted by Gasteiger charge is -2.30. The second kappa shape index (κ2) is 52.3. The van der Waals surface area contributed by atoms with Crippen molar-refractivity contribution in [3.8, 4) is 0 Å². The van der Waals surface area contributed by atoms with Crippen LogP contribution in [0.15, 0.2) is 0 Å². The van der Waals surface area contributed by atoms with Crippen LogP contribution in [0.5, 0.6) is 0 Å². The quantitative estimate of drug-likeness (QED) is 0.0326. The molecule has 15 atom stereocenters. The van der Waals surface area contributed by atoms with Crippen molar-refractivity contribution in [1.82, 2.24) is 58.5 Å². The van der Waals surface area contributed by atoms with Crippen LogP contribution < -0.4 is 98.6 Å². The molecule has 0 unspecified atom stereocenters. The molecule has 0 rings (SSSR count). The van der Waals surface area contributed by atoms with Gasteiger partial charge in [0.15, 0.2) is 0 Å². The first kappa shape index (κ1) is 93.4. The van der Waals surface area contributed by atoms with Crippen LogP contribution >= 0.6 is 0 Å². The van der Waals surface area contributed by atoms with Crippen LogP contribution in [0, 0.1) is 35.5 Å². The molecule has 0 saturated carbocycles. The predicted octanol–water partition coefficient (Wildman–Crippen LogP) is -0.954. The van der Waals surface area contributed by atoms with Gasteiger partial charge in [-0.15, -0.1) is 0 Å². The highest BCUT2D eigenvalue weighted by atomic mass is 16.3. The number of aliphatic hydroxyl groups excluding tert-OH is 1. The number of nitrogens with two attached hydrogens (primary N) is 7. The second-order valence-corrected chi connectivity index (χ2v) is 28.1. The zero-order valence-electron chi connectivity index (χ0n) is 62.4. The molecular weight excluding hydrogens is 1290 g/mol. The maximum atomic E-state index is 14.6. The van der Waals surface area contributed by atoms with E-state index in [1.807, 2.05) is 41.5 Å². The standard InChI is InChI=1S/C69H134N18O13/c1-13-43(10)55(75)67(98)80-47(27-17-22-32-71)59(90)78-49(29-19-24-34-73)62(93)87-57(45(12)15-3)69(100)84-53(38-42(8)9)65(96)85-54(39-88)66(97)79-50(30-20-25-35-74)63(94)86-56(44(11)14-2)68(99)81-48(28-18-23-33-72)60(91)77-46(26-16-21-31-70)61(92)83-52(37-41(6)7)64(95)82-51(58(76)89)36-40(4)5/h40-57,88H,13-39,70-75H2,1-12H3,(H2,76,89)(H,77,91)(H,78,90)(H,79,97)(H,80,98)(H,81,99)(H,82,95)(H,83,92)(H,84,100)(H,85,96)(H,86,94)(H,87,93)/t43-,44-,45-,46-,47-,48-,49-,50-,51-,52-,53-,54-,55-,56-,57-/m0/s1. The molecule has 31 nitrogen and oxygen atoms in total. The van der Waals surface area contributed by atoms with Crippen molar-refractivity contribution in [2.24, 2.45) is 75.6 Å². The van der Waals surface area contributed by atoms with Crippen molar-refractivity contribution < 1.29 is 62.6 Å². The highest BCUT2D eigenvalue weighted by Gasteiger charge is 2.39. The van der Waals surface area contributed by atoms with Gasteiger partial charge in [0.2, 0.25) is 70.9 Å². The van der Waals surface area contributed by atoms with Gasteiger partial charge < -0.3 is 104 Å². The van der Waals surface area contributed by atoms with E-state index >= 15 is 0 Å². The molecule has 31 heteroatoms. The van der Waals surface area contributed by atoms with E-state index in [1.165, 1.54) is 0 Å². The van der Waals surface area contributed by atoms with Crippen LogP contribution in [0.4, 0.5) is 0 Å². The van der Waals surface area contributed by atoms with Crippen LogP contribution in [0.1, 0.15) is 218 Å². The zero-order valence-corrected chi connectivity index (χ0v) is 62.4. The number of nitrogens with one attached hydrogen (secondary N) is 11. The summed E-state index contributed by atoms with van der Waals surface area (Å²) in [6, 6.07) is -14.7. The molecule has 0 radical (unpaired) electrons. The minimum absolute atomic E-state index is 0.00643. The summed E-state index contributed by atoms with van der Waals surface area (Å²) in [5, 5.41) is 40.7. The summed E-state index contributed by atoms with van der Waals surface area (Å²) >= 11 is 0. The second-order valence-electron chi connectivity index (χ2n) is 28.1. The van der Waals surface area contributed by atoms with Gasteiger partial charge in [-0.05, 0) is 184 Å². The fourth-order valence-corrected chi connectivity index (χ4v) is 11.0. The summed E-state index contributed by atoms with van der Waals surface area (Å²) < 4.78 is 0. The molecule has 578 valence electrons. The van der Waals surface area contributed by atoms with Crippen LogP contribution in [-0.4, -0.2) is 188 Å². The molecule has 0 aromatic heterocycles. The number of hydrogen-bond donors (Lipinski definition) is 19. The third-order valence-electron chi connectivity index (χ3n) is 17.9. The third-order valence-corrected chi connectivity index (χ3v) is 17.9. The number of carbonyl (C=O) groups excluding carboxylic acids is 12. The van der Waals surface area contributed by atoms with E-state index in [0.717, 1.165) is 0 Å². The molecule has 0 bridgehead atoms. The van der Waals surface area contributed by atoms with Crippen LogP contribution in [-0.2, 0) is 57.5 Å². The first-order valence-corrected chi connectivity index (χ1v) is 36.8. The summed E-state index contributed by atoms with van der Waals surface area (Å²) in [6.45, 7) is 22.2. The van der Waals surface area contributed by atoms with E-state index in [1.54, 1.807) is 41.5 Å². The summed E-state index contributed by atoms with van der Waals surface area (Å²) in [4.78, 5) is 169. The maximum absolute atomic E-state index is 14.6. The molecule has 0 saturated heterocycles. The first-order chi connectivity index (χ1) is 47.2. The smallest absolute Gasteiger partial charge is 0.245 e. The largest absolute Gasteiger partial charge is 0.394 e. The van der Waals surface area contributed by atoms with Crippen molar-refractivity contribution in [2.75, 3.05) is 39.3 Å². The topological polar surface area (TPSA) is 540 Å². The van der Waals surface area contributed by atoms with Crippen molar-refractivity contribution in [3.63, 3.8) is 0 Å². The Labute approximate surface area is 595 Å². The Morgan fingerprint density at radius 3 is 0.780 bits per heavy atom. The van der Waals surface area contributed by atoms with Crippen LogP contribution in [0.3, 0.4) is 0 Å². The Bertz CT molecular complexity index is 2480. The Morgan fingerprint density at radius 2 is 0.510 bits per heavy atom.